The fourth-order valence-corrected chi connectivity index (χ4v) is 4.37. The molecule has 2 aliphatic heterocycles. The molecule has 7 heteroatoms. The summed E-state index contributed by atoms with van der Waals surface area (Å²) < 4.78 is 6.65. The number of hydrogen-bond acceptors (Lipinski definition) is 4. The van der Waals surface area contributed by atoms with Gasteiger partial charge in [0.2, 0.25) is 0 Å². The number of halogens is 1. The molecule has 2 aliphatic rings. The topological polar surface area (TPSA) is 61.9 Å². The smallest absolute Gasteiger partial charge is 0.267 e. The van der Waals surface area contributed by atoms with E-state index in [0.29, 0.717) is 29.2 Å². The van der Waals surface area contributed by atoms with Crippen molar-refractivity contribution in [3.63, 3.8) is 0 Å². The van der Waals surface area contributed by atoms with Crippen molar-refractivity contribution in [1.29, 1.82) is 0 Å². The molecule has 6 nitrogen and oxygen atoms in total. The van der Waals surface area contributed by atoms with Crippen molar-refractivity contribution in [2.24, 2.45) is 0 Å². The third-order valence-corrected chi connectivity index (χ3v) is 6.09. The maximum atomic E-state index is 12.8. The van der Waals surface area contributed by atoms with E-state index < -0.39 is 6.10 Å². The van der Waals surface area contributed by atoms with Gasteiger partial charge in [-0.2, -0.15) is 0 Å². The number of hydrogen-bond donors (Lipinski definition) is 1. The fraction of sp³-hybridized carbons (Fsp3) is 0.391. The largest absolute Gasteiger partial charge is 0.479 e. The molecule has 1 saturated heterocycles. The van der Waals surface area contributed by atoms with Gasteiger partial charge in [-0.3, -0.25) is 9.59 Å². The zero-order valence-corrected chi connectivity index (χ0v) is 18.7. The number of carbonyl (C=O) groups is 2. The molecule has 0 radical (unpaired) electrons. The Morgan fingerprint density at radius 1 is 1.13 bits per heavy atom. The van der Waals surface area contributed by atoms with Crippen LogP contribution in [0.2, 0.25) is 0 Å². The summed E-state index contributed by atoms with van der Waals surface area (Å²) in [6.45, 7) is 5.41. The highest BCUT2D eigenvalue weighted by Gasteiger charge is 2.32. The van der Waals surface area contributed by atoms with Crippen molar-refractivity contribution < 1.29 is 14.3 Å². The Bertz CT molecular complexity index is 943. The number of carbonyl (C=O) groups excluding carboxylic acids is 2. The van der Waals surface area contributed by atoms with Crippen LogP contribution in [-0.4, -0.2) is 49.0 Å². The van der Waals surface area contributed by atoms with Gasteiger partial charge >= 0.3 is 0 Å². The Morgan fingerprint density at radius 2 is 1.93 bits per heavy atom. The SMILES string of the molecule is CC1Oc2ccc(NC(=O)c3cccc(Br)c3)cc2N(CCN2CCCCC2)C1=O. The lowest BCUT2D eigenvalue weighted by atomic mass is 10.1. The van der Waals surface area contributed by atoms with Gasteiger partial charge in [0, 0.05) is 28.8 Å². The first-order valence-electron chi connectivity index (χ1n) is 10.4. The highest BCUT2D eigenvalue weighted by molar-refractivity contribution is 9.10. The fourth-order valence-electron chi connectivity index (χ4n) is 3.97. The van der Waals surface area contributed by atoms with Gasteiger partial charge in [0.05, 0.1) is 5.69 Å². The second-order valence-corrected chi connectivity index (χ2v) is 8.71. The van der Waals surface area contributed by atoms with Crippen LogP contribution in [-0.2, 0) is 4.79 Å². The average molecular weight is 472 g/mol. The van der Waals surface area contributed by atoms with Gasteiger partial charge in [-0.05, 0) is 69.3 Å². The standard InChI is InChI=1S/C23H26BrN3O3/c1-16-23(29)27(13-12-26-10-3-2-4-11-26)20-15-19(8-9-21(20)30-16)25-22(28)17-6-5-7-18(24)14-17/h5-9,14-16H,2-4,10-13H2,1H3,(H,25,28). The van der Waals surface area contributed by atoms with Crippen LogP contribution in [0.25, 0.3) is 0 Å². The molecule has 158 valence electrons. The third kappa shape index (κ3) is 4.68. The van der Waals surface area contributed by atoms with E-state index in [9.17, 15) is 9.59 Å². The molecule has 4 rings (SSSR count). The van der Waals surface area contributed by atoms with E-state index in [2.05, 4.69) is 26.1 Å². The predicted molar refractivity (Wildman–Crippen MR) is 121 cm³/mol. The molecule has 2 aromatic carbocycles. The number of ether oxygens (including phenoxy) is 1. The number of rotatable bonds is 5. The molecule has 1 fully saturated rings. The summed E-state index contributed by atoms with van der Waals surface area (Å²) in [4.78, 5) is 29.7. The van der Waals surface area contributed by atoms with E-state index in [-0.39, 0.29) is 11.8 Å². The molecule has 0 aromatic heterocycles. The first-order valence-corrected chi connectivity index (χ1v) is 11.2. The van der Waals surface area contributed by atoms with Gasteiger partial charge in [0.25, 0.3) is 11.8 Å². The number of fused-ring (bicyclic) bond motifs is 1. The second kappa shape index (κ2) is 9.18. The van der Waals surface area contributed by atoms with Crippen molar-refractivity contribution in [3.8, 4) is 5.75 Å². The molecule has 2 amide bonds. The summed E-state index contributed by atoms with van der Waals surface area (Å²) >= 11 is 3.39. The Labute approximate surface area is 185 Å². The summed E-state index contributed by atoms with van der Waals surface area (Å²) in [5.74, 6) is 0.420. The van der Waals surface area contributed by atoms with Gasteiger partial charge < -0.3 is 19.9 Å². The van der Waals surface area contributed by atoms with Crippen LogP contribution in [0.15, 0.2) is 46.9 Å². The number of likely N-dealkylation sites (tertiary alicyclic amines) is 1. The van der Waals surface area contributed by atoms with Crippen LogP contribution in [0, 0.1) is 0 Å². The van der Waals surface area contributed by atoms with Crippen molar-refractivity contribution in [3.05, 3.63) is 52.5 Å². The molecule has 1 unspecified atom stereocenters. The molecule has 0 bridgehead atoms. The van der Waals surface area contributed by atoms with E-state index in [1.165, 1.54) is 19.3 Å². The quantitative estimate of drug-likeness (QED) is 0.705. The Balaban J connectivity index is 1.53. The zero-order valence-electron chi connectivity index (χ0n) is 17.1. The van der Waals surface area contributed by atoms with Crippen LogP contribution in [0.5, 0.6) is 5.75 Å². The molecular weight excluding hydrogens is 446 g/mol. The van der Waals surface area contributed by atoms with Crippen LogP contribution in [0.3, 0.4) is 0 Å². The van der Waals surface area contributed by atoms with Crippen molar-refractivity contribution in [2.45, 2.75) is 32.3 Å². The molecule has 2 aromatic rings. The highest BCUT2D eigenvalue weighted by atomic mass is 79.9. The minimum atomic E-state index is -0.513. The van der Waals surface area contributed by atoms with Gasteiger partial charge in [-0.25, -0.2) is 0 Å². The molecule has 0 aliphatic carbocycles. The summed E-state index contributed by atoms with van der Waals surface area (Å²) in [5.41, 5.74) is 1.90. The minimum Gasteiger partial charge on any atom is -0.479 e. The molecule has 0 spiro atoms. The average Bonchev–Trinajstić information content (AvgIpc) is 2.75. The van der Waals surface area contributed by atoms with E-state index in [1.807, 2.05) is 24.3 Å². The van der Waals surface area contributed by atoms with E-state index >= 15 is 0 Å². The Hall–Kier alpha value is -2.38. The summed E-state index contributed by atoms with van der Waals surface area (Å²) in [5, 5.41) is 2.92. The molecule has 2 heterocycles. The van der Waals surface area contributed by atoms with Crippen LogP contribution >= 0.6 is 15.9 Å². The van der Waals surface area contributed by atoms with Crippen LogP contribution < -0.4 is 15.0 Å². The zero-order chi connectivity index (χ0) is 21.1. The number of amides is 2. The molecule has 1 N–H and O–H groups in total. The van der Waals surface area contributed by atoms with E-state index in [1.54, 1.807) is 30.0 Å². The number of anilines is 2. The summed E-state index contributed by atoms with van der Waals surface area (Å²) in [7, 11) is 0. The number of nitrogens with zero attached hydrogens (tertiary/aromatic N) is 2. The van der Waals surface area contributed by atoms with Gasteiger partial charge in [-0.1, -0.05) is 28.4 Å². The van der Waals surface area contributed by atoms with Crippen LogP contribution in [0.1, 0.15) is 36.5 Å². The van der Waals surface area contributed by atoms with Gasteiger partial charge in [0.1, 0.15) is 5.75 Å². The third-order valence-electron chi connectivity index (χ3n) is 5.60. The van der Waals surface area contributed by atoms with Gasteiger partial charge in [0.15, 0.2) is 6.10 Å². The Morgan fingerprint density at radius 3 is 2.70 bits per heavy atom. The van der Waals surface area contributed by atoms with Crippen molar-refractivity contribution in [2.75, 3.05) is 36.4 Å². The lowest BCUT2D eigenvalue weighted by Gasteiger charge is -2.35. The van der Waals surface area contributed by atoms with Crippen molar-refractivity contribution in [1.82, 2.24) is 4.90 Å². The number of piperidine rings is 1. The van der Waals surface area contributed by atoms with Crippen LogP contribution in [0.4, 0.5) is 11.4 Å². The van der Waals surface area contributed by atoms with Gasteiger partial charge in [-0.15, -0.1) is 0 Å². The molecular formula is C23H26BrN3O3. The lowest BCUT2D eigenvalue weighted by Crippen LogP contribution is -2.48. The number of benzene rings is 2. The number of nitrogens with one attached hydrogen (secondary N) is 1. The summed E-state index contributed by atoms with van der Waals surface area (Å²) in [6, 6.07) is 12.7. The first-order chi connectivity index (χ1) is 14.5. The first kappa shape index (κ1) is 20.9. The second-order valence-electron chi connectivity index (χ2n) is 7.80. The van der Waals surface area contributed by atoms with E-state index in [4.69, 9.17) is 4.74 Å². The molecule has 0 saturated carbocycles. The normalized spacial score (nSPS) is 19.2. The maximum absolute atomic E-state index is 12.8. The maximum Gasteiger partial charge on any atom is 0.267 e. The highest BCUT2D eigenvalue weighted by Crippen LogP contribution is 2.36. The molecule has 30 heavy (non-hydrogen) atoms. The minimum absolute atomic E-state index is 0.0463. The predicted octanol–water partition coefficient (Wildman–Crippen LogP) is 4.30. The van der Waals surface area contributed by atoms with Crippen molar-refractivity contribution >= 4 is 39.1 Å². The molecule has 1 atom stereocenters. The monoisotopic (exact) mass is 471 g/mol. The summed E-state index contributed by atoms with van der Waals surface area (Å²) in [6.07, 6.45) is 3.21. The van der Waals surface area contributed by atoms with E-state index in [0.717, 1.165) is 24.1 Å². The lowest BCUT2D eigenvalue weighted by molar-refractivity contribution is -0.125. The Kier molecular flexibility index (Phi) is 6.39.